The van der Waals surface area contributed by atoms with Crippen LogP contribution in [0.1, 0.15) is 44.7 Å². The van der Waals surface area contributed by atoms with Crippen LogP contribution in [0.5, 0.6) is 0 Å². The Labute approximate surface area is 278 Å². The van der Waals surface area contributed by atoms with E-state index in [4.69, 9.17) is 11.5 Å². The fourth-order valence-corrected chi connectivity index (χ4v) is 5.43. The lowest BCUT2D eigenvalue weighted by molar-refractivity contribution is -0.147. The Kier molecular flexibility index (Phi) is 13.7. The van der Waals surface area contributed by atoms with E-state index in [1.807, 2.05) is 91.9 Å². The number of nitrogens with one attached hydrogen (secondary N) is 1. The summed E-state index contributed by atoms with van der Waals surface area (Å²) >= 11 is 0. The zero-order chi connectivity index (χ0) is 34.5. The number of guanidine groups is 1. The largest absolute Gasteiger partial charge is 0.370 e. The summed E-state index contributed by atoms with van der Waals surface area (Å²) in [5.74, 6) is -1.70. The smallest absolute Gasteiger partial charge is 0.245 e. The molecule has 1 unspecified atom stereocenters. The third-order valence-electron chi connectivity index (χ3n) is 8.45. The maximum absolute atomic E-state index is 13.8. The van der Waals surface area contributed by atoms with Crippen molar-refractivity contribution in [1.29, 1.82) is 0 Å². The highest BCUT2D eigenvalue weighted by molar-refractivity contribution is 5.94. The number of carbonyl (C=O) groups excluding carboxylic acids is 4. The number of likely N-dealkylation sites (N-methyl/N-ethyl adjacent to an activating group) is 2. The second-order valence-electron chi connectivity index (χ2n) is 12.1. The third kappa shape index (κ3) is 10.8. The van der Waals surface area contributed by atoms with Crippen molar-refractivity contribution < 1.29 is 19.2 Å². The average molecular weight is 641 g/mol. The first-order chi connectivity index (χ1) is 22.4. The number of rotatable bonds is 16. The van der Waals surface area contributed by atoms with Crippen molar-refractivity contribution in [2.45, 2.75) is 64.6 Å². The molecule has 47 heavy (non-hydrogen) atoms. The standard InChI is InChI=1S/C37H48N6O4/c1-25(23-29-18-20-31(21-19-29)30-15-10-7-11-16-30)34(45)41-32(17-12-22-40-37(38)39)36(47)42(4)26(2)35(46)43(5)33(27(3)44)24-28-13-8-6-9-14-28/h6-11,13-16,18-21,25-26,32-33H,12,17,22-24H2,1-5H3,(H,41,45)(H4,38,39,40)/t25-,26-,32-,33?/m0/s1. The molecule has 0 heterocycles. The van der Waals surface area contributed by atoms with Gasteiger partial charge in [-0.15, -0.1) is 0 Å². The van der Waals surface area contributed by atoms with Gasteiger partial charge in [-0.05, 0) is 61.8 Å². The zero-order valence-corrected chi connectivity index (χ0v) is 28.1. The van der Waals surface area contributed by atoms with Gasteiger partial charge in [0.15, 0.2) is 11.7 Å². The normalized spacial score (nSPS) is 13.4. The number of benzene rings is 3. The van der Waals surface area contributed by atoms with E-state index >= 15 is 0 Å². The highest BCUT2D eigenvalue weighted by atomic mass is 16.2. The maximum atomic E-state index is 13.8. The molecule has 0 aliphatic carbocycles. The maximum Gasteiger partial charge on any atom is 0.245 e. The van der Waals surface area contributed by atoms with Gasteiger partial charge in [-0.3, -0.25) is 24.2 Å². The highest BCUT2D eigenvalue weighted by Crippen LogP contribution is 2.21. The van der Waals surface area contributed by atoms with Gasteiger partial charge in [0.2, 0.25) is 17.7 Å². The van der Waals surface area contributed by atoms with Gasteiger partial charge in [0.1, 0.15) is 12.1 Å². The molecular formula is C37H48N6O4. The first-order valence-corrected chi connectivity index (χ1v) is 16.0. The predicted molar refractivity (Wildman–Crippen MR) is 186 cm³/mol. The van der Waals surface area contributed by atoms with Gasteiger partial charge < -0.3 is 26.6 Å². The summed E-state index contributed by atoms with van der Waals surface area (Å²) in [6, 6.07) is 25.1. The summed E-state index contributed by atoms with van der Waals surface area (Å²) in [5.41, 5.74) is 15.1. The molecule has 3 amide bonds. The Morgan fingerprint density at radius 3 is 1.87 bits per heavy atom. The van der Waals surface area contributed by atoms with Crippen LogP contribution in [-0.4, -0.2) is 78.0 Å². The van der Waals surface area contributed by atoms with E-state index < -0.39 is 30.0 Å². The number of ketones is 1. The van der Waals surface area contributed by atoms with Crippen LogP contribution in [0.25, 0.3) is 11.1 Å². The molecule has 0 fully saturated rings. The minimum atomic E-state index is -0.905. The van der Waals surface area contributed by atoms with Crippen LogP contribution >= 0.6 is 0 Å². The number of carbonyl (C=O) groups is 4. The van der Waals surface area contributed by atoms with Crippen LogP contribution in [-0.2, 0) is 32.0 Å². The highest BCUT2D eigenvalue weighted by Gasteiger charge is 2.34. The summed E-state index contributed by atoms with van der Waals surface area (Å²) in [4.78, 5) is 60.1. The molecule has 5 N–H and O–H groups in total. The Morgan fingerprint density at radius 2 is 1.30 bits per heavy atom. The topological polar surface area (TPSA) is 151 Å². The van der Waals surface area contributed by atoms with Crippen LogP contribution in [0.15, 0.2) is 89.9 Å². The molecule has 0 radical (unpaired) electrons. The summed E-state index contributed by atoms with van der Waals surface area (Å²) in [6.45, 7) is 5.18. The fourth-order valence-electron chi connectivity index (χ4n) is 5.43. The number of nitrogens with two attached hydrogens (primary N) is 2. The molecule has 10 heteroatoms. The van der Waals surface area contributed by atoms with Crippen molar-refractivity contribution in [3.63, 3.8) is 0 Å². The SMILES string of the molecule is CC(=O)C(Cc1ccccc1)N(C)C(=O)[C@H](C)N(C)C(=O)[C@H](CCCN=C(N)N)NC(=O)[C@@H](C)Cc1ccc(-c2ccccc2)cc1. The van der Waals surface area contributed by atoms with E-state index in [0.717, 1.165) is 22.3 Å². The average Bonchev–Trinajstić information content (AvgIpc) is 3.07. The third-order valence-corrected chi connectivity index (χ3v) is 8.45. The van der Waals surface area contributed by atoms with Gasteiger partial charge in [-0.1, -0.05) is 91.9 Å². The van der Waals surface area contributed by atoms with Gasteiger partial charge in [0.05, 0.1) is 6.04 Å². The lowest BCUT2D eigenvalue weighted by atomic mass is 9.97. The molecule has 3 rings (SSSR count). The van der Waals surface area contributed by atoms with Crippen molar-refractivity contribution in [2.24, 2.45) is 22.4 Å². The predicted octanol–water partition coefficient (Wildman–Crippen LogP) is 3.58. The number of aliphatic imine (C=N–C) groups is 1. The quantitative estimate of drug-likeness (QED) is 0.124. The van der Waals surface area contributed by atoms with Crippen LogP contribution in [0.4, 0.5) is 0 Å². The van der Waals surface area contributed by atoms with E-state index in [2.05, 4.69) is 10.3 Å². The van der Waals surface area contributed by atoms with E-state index in [-0.39, 0.29) is 36.5 Å². The number of amides is 3. The number of hydrogen-bond donors (Lipinski definition) is 3. The van der Waals surface area contributed by atoms with Crippen molar-refractivity contribution in [3.05, 3.63) is 96.1 Å². The molecule has 0 spiro atoms. The Bertz CT molecular complexity index is 1510. The van der Waals surface area contributed by atoms with Gasteiger partial charge in [-0.25, -0.2) is 0 Å². The lowest BCUT2D eigenvalue weighted by Crippen LogP contribution is -2.56. The molecule has 0 saturated carbocycles. The Morgan fingerprint density at radius 1 is 0.745 bits per heavy atom. The molecule has 3 aromatic carbocycles. The molecular weight excluding hydrogens is 592 g/mol. The van der Waals surface area contributed by atoms with Gasteiger partial charge >= 0.3 is 0 Å². The second-order valence-corrected chi connectivity index (χ2v) is 12.1. The minimum Gasteiger partial charge on any atom is -0.370 e. The van der Waals surface area contributed by atoms with E-state index in [0.29, 0.717) is 19.3 Å². The van der Waals surface area contributed by atoms with Crippen molar-refractivity contribution in [3.8, 4) is 11.1 Å². The molecule has 10 nitrogen and oxygen atoms in total. The minimum absolute atomic E-state index is 0.0567. The summed E-state index contributed by atoms with van der Waals surface area (Å²) in [5, 5.41) is 2.92. The summed E-state index contributed by atoms with van der Waals surface area (Å²) in [6.07, 6.45) is 1.55. The first kappa shape index (κ1) is 36.5. The molecule has 4 atom stereocenters. The number of nitrogens with zero attached hydrogens (tertiary/aromatic N) is 3. The molecule has 0 aromatic heterocycles. The van der Waals surface area contributed by atoms with E-state index in [9.17, 15) is 19.2 Å². The monoisotopic (exact) mass is 640 g/mol. The van der Waals surface area contributed by atoms with Crippen molar-refractivity contribution >= 4 is 29.5 Å². The van der Waals surface area contributed by atoms with Crippen LogP contribution < -0.4 is 16.8 Å². The molecule has 250 valence electrons. The zero-order valence-electron chi connectivity index (χ0n) is 28.1. The number of hydrogen-bond acceptors (Lipinski definition) is 5. The van der Waals surface area contributed by atoms with Gasteiger partial charge in [0.25, 0.3) is 0 Å². The van der Waals surface area contributed by atoms with Crippen molar-refractivity contribution in [2.75, 3.05) is 20.6 Å². The van der Waals surface area contributed by atoms with Crippen LogP contribution in [0.2, 0.25) is 0 Å². The second kappa shape index (κ2) is 17.6. The van der Waals surface area contributed by atoms with Crippen LogP contribution in [0, 0.1) is 5.92 Å². The number of Topliss-reactive ketones (excluding diaryl/α,β-unsaturated/α-hetero) is 1. The van der Waals surface area contributed by atoms with E-state index in [1.165, 1.54) is 23.8 Å². The van der Waals surface area contributed by atoms with Gasteiger partial charge in [0, 0.05) is 26.6 Å². The lowest BCUT2D eigenvalue weighted by Gasteiger charge is -2.34. The Balaban J connectivity index is 1.70. The van der Waals surface area contributed by atoms with Crippen LogP contribution in [0.3, 0.4) is 0 Å². The molecule has 0 aliphatic heterocycles. The molecule has 0 saturated heterocycles. The summed E-state index contributed by atoms with van der Waals surface area (Å²) < 4.78 is 0. The summed E-state index contributed by atoms with van der Waals surface area (Å²) in [7, 11) is 3.11. The first-order valence-electron chi connectivity index (χ1n) is 16.0. The Hall–Kier alpha value is -4.99. The molecule has 0 bridgehead atoms. The molecule has 0 aliphatic rings. The van der Waals surface area contributed by atoms with Gasteiger partial charge in [-0.2, -0.15) is 0 Å². The van der Waals surface area contributed by atoms with Crippen molar-refractivity contribution in [1.82, 2.24) is 15.1 Å². The molecule has 3 aromatic rings. The fraction of sp³-hybridized carbons (Fsp3) is 0.378. The van der Waals surface area contributed by atoms with E-state index in [1.54, 1.807) is 14.0 Å².